The van der Waals surface area contributed by atoms with Gasteiger partial charge in [-0.15, -0.1) is 0 Å². The van der Waals surface area contributed by atoms with Crippen LogP contribution in [0, 0.1) is 0 Å². The standard InChI is InChI=1S/C57H63N2O/c1-54(2,3)42-24-14-37(15-25-42)47-34-49(39-18-28-44(29-19-39)56(7,8)9)58-36-59-50(40-20-30-45(31-21-40)57(10,11)12)35-48(38-16-26-43(27-17-38)55(4,5)6)53(59)51(52(47)58)41-22-32-46(60-13)33-23-41/h14-35H,36H2,1-13H3/q+1. The summed E-state index contributed by atoms with van der Waals surface area (Å²) in [4.78, 5) is 0. The van der Waals surface area contributed by atoms with Crippen LogP contribution in [0.4, 0.5) is 0 Å². The van der Waals surface area contributed by atoms with Crippen LogP contribution in [-0.4, -0.2) is 22.0 Å². The largest absolute Gasteiger partial charge is 0.497 e. The van der Waals surface area contributed by atoms with E-state index in [4.69, 9.17) is 4.74 Å². The molecule has 3 heteroatoms. The van der Waals surface area contributed by atoms with Gasteiger partial charge < -0.3 is 4.74 Å². The molecule has 0 radical (unpaired) electrons. The fraction of sp³-hybridized carbons (Fsp3) is 0.316. The lowest BCUT2D eigenvalue weighted by Crippen LogP contribution is -2.27. The van der Waals surface area contributed by atoms with Gasteiger partial charge in [0.15, 0.2) is 0 Å². The van der Waals surface area contributed by atoms with Gasteiger partial charge in [0.05, 0.1) is 29.6 Å². The Morgan fingerprint density at radius 2 is 0.867 bits per heavy atom. The SMILES string of the molecule is COc1ccc(C2=C3C(c4ccc(C(C)(C)C)cc4)=CC(c4ccc(C(C)(C)C)cc4)=[N+]3Cn3c(-c4ccc(C(C)(C)C)cc4)cc(-c4ccc(C(C)(C)C)cc4)c32)cc1. The summed E-state index contributed by atoms with van der Waals surface area (Å²) in [6, 6.07) is 48.2. The molecule has 0 amide bonds. The molecule has 5 aromatic carbocycles. The Morgan fingerprint density at radius 1 is 0.467 bits per heavy atom. The van der Waals surface area contributed by atoms with Gasteiger partial charge in [0, 0.05) is 17.2 Å². The Bertz CT molecular complexity index is 2650. The van der Waals surface area contributed by atoms with E-state index in [0.717, 1.165) is 11.3 Å². The van der Waals surface area contributed by atoms with Crippen LogP contribution in [0.25, 0.3) is 33.5 Å². The van der Waals surface area contributed by atoms with Crippen molar-refractivity contribution >= 4 is 16.9 Å². The van der Waals surface area contributed by atoms with Gasteiger partial charge in [-0.05, 0) is 96.5 Å². The molecule has 3 heterocycles. The van der Waals surface area contributed by atoms with Gasteiger partial charge in [0.25, 0.3) is 0 Å². The summed E-state index contributed by atoms with van der Waals surface area (Å²) < 4.78 is 10.9. The molecule has 0 N–H and O–H groups in total. The summed E-state index contributed by atoms with van der Waals surface area (Å²) in [6.07, 6.45) is 2.44. The molecule has 0 aliphatic carbocycles. The van der Waals surface area contributed by atoms with Gasteiger partial charge >= 0.3 is 0 Å². The summed E-state index contributed by atoms with van der Waals surface area (Å²) >= 11 is 0. The van der Waals surface area contributed by atoms with E-state index in [2.05, 4.69) is 226 Å². The third kappa shape index (κ3) is 7.64. The van der Waals surface area contributed by atoms with E-state index in [1.807, 2.05) is 0 Å². The normalized spacial score (nSPS) is 14.7. The smallest absolute Gasteiger partial charge is 0.229 e. The topological polar surface area (TPSA) is 17.2 Å². The van der Waals surface area contributed by atoms with E-state index in [1.165, 1.54) is 84.0 Å². The molecular weight excluding hydrogens is 729 g/mol. The molecule has 2 aliphatic rings. The predicted molar refractivity (Wildman–Crippen MR) is 254 cm³/mol. The molecule has 60 heavy (non-hydrogen) atoms. The number of nitrogens with zero attached hydrogens (tertiary/aromatic N) is 2. The second-order valence-electron chi connectivity index (χ2n) is 21.0. The molecule has 306 valence electrons. The van der Waals surface area contributed by atoms with Crippen molar-refractivity contribution in [2.24, 2.45) is 0 Å². The molecule has 6 aromatic rings. The van der Waals surface area contributed by atoms with Gasteiger partial charge in [0.1, 0.15) is 5.75 Å². The first kappa shape index (κ1) is 41.1. The van der Waals surface area contributed by atoms with E-state index in [9.17, 15) is 0 Å². The maximum Gasteiger partial charge on any atom is 0.229 e. The summed E-state index contributed by atoms with van der Waals surface area (Å²) in [5.41, 5.74) is 20.1. The van der Waals surface area contributed by atoms with Gasteiger partial charge in [-0.3, -0.25) is 4.57 Å². The lowest BCUT2D eigenvalue weighted by molar-refractivity contribution is -0.502. The molecule has 8 rings (SSSR count). The van der Waals surface area contributed by atoms with Crippen LogP contribution in [0.2, 0.25) is 0 Å². The number of allylic oxidation sites excluding steroid dienone is 2. The average Bonchev–Trinajstić information content (AvgIpc) is 3.78. The highest BCUT2D eigenvalue weighted by Crippen LogP contribution is 2.48. The fourth-order valence-corrected chi connectivity index (χ4v) is 8.72. The zero-order valence-corrected chi connectivity index (χ0v) is 38.2. The van der Waals surface area contributed by atoms with Crippen molar-refractivity contribution in [3.8, 4) is 28.1 Å². The summed E-state index contributed by atoms with van der Waals surface area (Å²) in [5.74, 6) is 0.844. The van der Waals surface area contributed by atoms with E-state index in [-0.39, 0.29) is 21.7 Å². The average molecular weight is 792 g/mol. The third-order valence-electron chi connectivity index (χ3n) is 12.5. The Hall–Kier alpha value is -5.67. The zero-order chi connectivity index (χ0) is 42.9. The van der Waals surface area contributed by atoms with E-state index < -0.39 is 0 Å². The van der Waals surface area contributed by atoms with Gasteiger partial charge in [-0.1, -0.05) is 180 Å². The highest BCUT2D eigenvalue weighted by atomic mass is 16.5. The second kappa shape index (κ2) is 14.8. The van der Waals surface area contributed by atoms with E-state index in [0.29, 0.717) is 6.67 Å². The van der Waals surface area contributed by atoms with Crippen LogP contribution < -0.4 is 4.74 Å². The Morgan fingerprint density at radius 3 is 1.30 bits per heavy atom. The lowest BCUT2D eigenvalue weighted by Gasteiger charge is -2.25. The highest BCUT2D eigenvalue weighted by molar-refractivity contribution is 6.16. The van der Waals surface area contributed by atoms with E-state index >= 15 is 0 Å². The molecule has 3 nitrogen and oxygen atoms in total. The van der Waals surface area contributed by atoms with Crippen molar-refractivity contribution in [1.82, 2.24) is 4.57 Å². The first-order chi connectivity index (χ1) is 28.2. The zero-order valence-electron chi connectivity index (χ0n) is 38.2. The molecule has 0 fully saturated rings. The molecule has 0 unspecified atom stereocenters. The Kier molecular flexibility index (Phi) is 10.1. The summed E-state index contributed by atoms with van der Waals surface area (Å²) in [6.45, 7) is 28.1. The van der Waals surface area contributed by atoms with Crippen LogP contribution in [0.15, 0.2) is 139 Å². The number of hydrogen-bond donors (Lipinski definition) is 0. The maximum atomic E-state index is 5.73. The quantitative estimate of drug-likeness (QED) is 0.154. The molecule has 0 saturated carbocycles. The molecule has 0 atom stereocenters. The second-order valence-corrected chi connectivity index (χ2v) is 21.0. The van der Waals surface area contributed by atoms with E-state index in [1.54, 1.807) is 7.11 Å². The molecular formula is C57H63N2O+. The number of hydrogen-bond acceptors (Lipinski definition) is 1. The fourth-order valence-electron chi connectivity index (χ4n) is 8.72. The van der Waals surface area contributed by atoms with Crippen molar-refractivity contribution in [2.45, 2.75) is 111 Å². The molecule has 0 bridgehead atoms. The van der Waals surface area contributed by atoms with Crippen molar-refractivity contribution in [3.05, 3.63) is 184 Å². The number of fused-ring (bicyclic) bond motifs is 2. The van der Waals surface area contributed by atoms with Crippen molar-refractivity contribution in [2.75, 3.05) is 7.11 Å². The third-order valence-corrected chi connectivity index (χ3v) is 12.5. The van der Waals surface area contributed by atoms with Crippen LogP contribution in [-0.2, 0) is 28.3 Å². The Balaban J connectivity index is 1.47. The van der Waals surface area contributed by atoms with Gasteiger partial charge in [-0.25, -0.2) is 0 Å². The first-order valence-electron chi connectivity index (χ1n) is 21.7. The monoisotopic (exact) mass is 791 g/mol. The highest BCUT2D eigenvalue weighted by Gasteiger charge is 2.42. The molecule has 0 spiro atoms. The van der Waals surface area contributed by atoms with Crippen molar-refractivity contribution < 1.29 is 9.31 Å². The summed E-state index contributed by atoms with van der Waals surface area (Å²) in [7, 11) is 1.74. The lowest BCUT2D eigenvalue weighted by atomic mass is 9.84. The first-order valence-corrected chi connectivity index (χ1v) is 21.7. The van der Waals surface area contributed by atoms with Crippen LogP contribution in [0.3, 0.4) is 0 Å². The number of aromatic nitrogens is 1. The molecule has 1 aromatic heterocycles. The number of ether oxygens (including phenoxy) is 1. The van der Waals surface area contributed by atoms with Crippen molar-refractivity contribution in [3.63, 3.8) is 0 Å². The van der Waals surface area contributed by atoms with Crippen LogP contribution in [0.5, 0.6) is 5.75 Å². The van der Waals surface area contributed by atoms with Crippen molar-refractivity contribution in [1.29, 1.82) is 0 Å². The van der Waals surface area contributed by atoms with Gasteiger partial charge in [0.2, 0.25) is 18.1 Å². The molecule has 0 saturated heterocycles. The minimum atomic E-state index is 0.0544. The minimum Gasteiger partial charge on any atom is -0.497 e. The minimum absolute atomic E-state index is 0.0544. The number of methoxy groups -OCH3 is 1. The van der Waals surface area contributed by atoms with Crippen LogP contribution in [0.1, 0.15) is 128 Å². The summed E-state index contributed by atoms with van der Waals surface area (Å²) in [5, 5.41) is 0. The van der Waals surface area contributed by atoms with Gasteiger partial charge in [-0.2, -0.15) is 4.58 Å². The predicted octanol–water partition coefficient (Wildman–Crippen LogP) is 14.4. The molecule has 2 aliphatic heterocycles. The maximum absolute atomic E-state index is 5.73. The number of benzene rings is 5. The van der Waals surface area contributed by atoms with Crippen LogP contribution >= 0.6 is 0 Å². The Labute approximate surface area is 359 Å². The number of rotatable bonds is 6.